The summed E-state index contributed by atoms with van der Waals surface area (Å²) in [6.07, 6.45) is 0.450. The fourth-order valence-corrected chi connectivity index (χ4v) is 0.996. The zero-order valence-electron chi connectivity index (χ0n) is 7.06. The van der Waals surface area contributed by atoms with Gasteiger partial charge in [-0.25, -0.2) is 9.59 Å². The first-order chi connectivity index (χ1) is 6.47. The molecule has 1 heterocycles. The van der Waals surface area contributed by atoms with Gasteiger partial charge in [0.25, 0.3) is 0 Å². The number of carbonyl (C=O) groups is 3. The van der Waals surface area contributed by atoms with Gasteiger partial charge in [-0.15, -0.1) is 0 Å². The minimum Gasteiger partial charge on any atom is -0.331 e. The standard InChI is InChI=1S/C6H9N3O5/c10-3-1-2-9-5(12)7-4(11)8-6(9,13)14/h3,13-14H,1-2H2,(H2,7,8,11,12). The molecule has 0 spiro atoms. The summed E-state index contributed by atoms with van der Waals surface area (Å²) < 4.78 is 0. The van der Waals surface area contributed by atoms with Crippen LogP contribution in [0.1, 0.15) is 6.42 Å². The van der Waals surface area contributed by atoms with Crippen LogP contribution in [-0.4, -0.2) is 46.0 Å². The monoisotopic (exact) mass is 203 g/mol. The number of hydrogen-bond donors (Lipinski definition) is 4. The Balaban J connectivity index is 2.74. The molecule has 0 radical (unpaired) electrons. The molecule has 1 aliphatic heterocycles. The third-order valence-electron chi connectivity index (χ3n) is 1.59. The Bertz CT molecular complexity index is 277. The smallest absolute Gasteiger partial charge is 0.331 e. The van der Waals surface area contributed by atoms with Crippen LogP contribution in [0.3, 0.4) is 0 Å². The van der Waals surface area contributed by atoms with Gasteiger partial charge in [0, 0.05) is 13.0 Å². The second kappa shape index (κ2) is 3.60. The second-order valence-electron chi connectivity index (χ2n) is 2.63. The fraction of sp³-hybridized carbons (Fsp3) is 0.500. The molecule has 1 rings (SSSR count). The lowest BCUT2D eigenvalue weighted by Crippen LogP contribution is -2.72. The number of amides is 4. The van der Waals surface area contributed by atoms with Crippen molar-refractivity contribution in [2.24, 2.45) is 0 Å². The molecule has 0 unspecified atom stereocenters. The minimum atomic E-state index is -2.75. The lowest BCUT2D eigenvalue weighted by atomic mass is 10.4. The van der Waals surface area contributed by atoms with Crippen molar-refractivity contribution in [2.75, 3.05) is 6.54 Å². The van der Waals surface area contributed by atoms with Crippen molar-refractivity contribution in [1.29, 1.82) is 0 Å². The SMILES string of the molecule is O=CCCN1C(=O)NC(=O)NC1(O)O. The van der Waals surface area contributed by atoms with Crippen molar-refractivity contribution in [3.05, 3.63) is 0 Å². The molecule has 1 fully saturated rings. The number of nitrogens with one attached hydrogen (secondary N) is 2. The highest BCUT2D eigenvalue weighted by Crippen LogP contribution is 2.09. The van der Waals surface area contributed by atoms with Crippen LogP contribution in [0.2, 0.25) is 0 Å². The van der Waals surface area contributed by atoms with E-state index in [2.05, 4.69) is 0 Å². The Kier molecular flexibility index (Phi) is 2.68. The zero-order chi connectivity index (χ0) is 10.8. The van der Waals surface area contributed by atoms with Crippen molar-refractivity contribution in [2.45, 2.75) is 12.5 Å². The number of urea groups is 2. The number of nitrogens with zero attached hydrogens (tertiary/aromatic N) is 1. The molecule has 1 saturated heterocycles. The Morgan fingerprint density at radius 1 is 1.43 bits per heavy atom. The Hall–Kier alpha value is -1.67. The molecule has 14 heavy (non-hydrogen) atoms. The van der Waals surface area contributed by atoms with Gasteiger partial charge in [0.1, 0.15) is 6.29 Å². The van der Waals surface area contributed by atoms with Crippen LogP contribution in [-0.2, 0) is 4.79 Å². The maximum Gasteiger partial charge on any atom is 0.342 e. The summed E-state index contributed by atoms with van der Waals surface area (Å²) in [5.74, 6) is 0. The molecule has 0 saturated carbocycles. The highest BCUT2D eigenvalue weighted by molar-refractivity contribution is 5.96. The average molecular weight is 203 g/mol. The van der Waals surface area contributed by atoms with E-state index in [0.29, 0.717) is 11.2 Å². The number of imide groups is 1. The summed E-state index contributed by atoms with van der Waals surface area (Å²) in [6.45, 7) is -0.206. The first kappa shape index (κ1) is 10.4. The molecule has 0 bridgehead atoms. The molecule has 0 aromatic carbocycles. The summed E-state index contributed by atoms with van der Waals surface area (Å²) in [5.41, 5.74) is 0. The quantitative estimate of drug-likeness (QED) is 0.309. The molecule has 0 atom stereocenters. The van der Waals surface area contributed by atoms with Crippen molar-refractivity contribution >= 4 is 18.3 Å². The summed E-state index contributed by atoms with van der Waals surface area (Å²) in [4.78, 5) is 32.2. The van der Waals surface area contributed by atoms with Gasteiger partial charge < -0.3 is 15.0 Å². The summed E-state index contributed by atoms with van der Waals surface area (Å²) >= 11 is 0. The largest absolute Gasteiger partial charge is 0.342 e. The molecule has 8 nitrogen and oxygen atoms in total. The Labute approximate surface area is 78.5 Å². The predicted octanol–water partition coefficient (Wildman–Crippen LogP) is -2.09. The molecular formula is C6H9N3O5. The van der Waals surface area contributed by atoms with Crippen molar-refractivity contribution in [3.63, 3.8) is 0 Å². The maximum absolute atomic E-state index is 11.0. The van der Waals surface area contributed by atoms with Crippen LogP contribution >= 0.6 is 0 Å². The van der Waals surface area contributed by atoms with Crippen LogP contribution in [0.4, 0.5) is 9.59 Å². The van der Waals surface area contributed by atoms with E-state index in [1.807, 2.05) is 0 Å². The maximum atomic E-state index is 11.0. The van der Waals surface area contributed by atoms with Crippen LogP contribution < -0.4 is 10.6 Å². The zero-order valence-corrected chi connectivity index (χ0v) is 7.06. The third-order valence-corrected chi connectivity index (χ3v) is 1.59. The lowest BCUT2D eigenvalue weighted by Gasteiger charge is -2.37. The highest BCUT2D eigenvalue weighted by Gasteiger charge is 2.42. The number of rotatable bonds is 3. The van der Waals surface area contributed by atoms with E-state index in [1.54, 1.807) is 10.6 Å². The van der Waals surface area contributed by atoms with E-state index in [4.69, 9.17) is 0 Å². The van der Waals surface area contributed by atoms with Crippen LogP contribution in [0.25, 0.3) is 0 Å². The molecule has 8 heteroatoms. The molecule has 0 aromatic heterocycles. The van der Waals surface area contributed by atoms with Crippen LogP contribution in [0, 0.1) is 0 Å². The number of hydrogen-bond acceptors (Lipinski definition) is 5. The van der Waals surface area contributed by atoms with Gasteiger partial charge >= 0.3 is 18.1 Å². The summed E-state index contributed by atoms with van der Waals surface area (Å²) in [6, 6.07) is -4.73. The molecule has 0 aromatic rings. The average Bonchev–Trinajstić information content (AvgIpc) is 2.00. The van der Waals surface area contributed by atoms with Crippen molar-refractivity contribution in [1.82, 2.24) is 15.5 Å². The summed E-state index contributed by atoms with van der Waals surface area (Å²) in [5, 5.41) is 21.8. The first-order valence-corrected chi connectivity index (χ1v) is 3.76. The van der Waals surface area contributed by atoms with E-state index in [1.165, 1.54) is 0 Å². The molecule has 4 N–H and O–H groups in total. The van der Waals surface area contributed by atoms with E-state index < -0.39 is 18.1 Å². The van der Waals surface area contributed by atoms with E-state index in [-0.39, 0.29) is 13.0 Å². The molecule has 4 amide bonds. The molecule has 78 valence electrons. The van der Waals surface area contributed by atoms with Crippen LogP contribution in [0.15, 0.2) is 0 Å². The van der Waals surface area contributed by atoms with E-state index >= 15 is 0 Å². The van der Waals surface area contributed by atoms with Crippen molar-refractivity contribution in [3.8, 4) is 0 Å². The molecule has 0 aliphatic carbocycles. The Morgan fingerprint density at radius 3 is 2.57 bits per heavy atom. The topological polar surface area (TPSA) is 119 Å². The van der Waals surface area contributed by atoms with E-state index in [9.17, 15) is 24.6 Å². The molecule has 1 aliphatic rings. The van der Waals surface area contributed by atoms with Crippen molar-refractivity contribution < 1.29 is 24.6 Å². The van der Waals surface area contributed by atoms with E-state index in [0.717, 1.165) is 0 Å². The second-order valence-corrected chi connectivity index (χ2v) is 2.63. The molecular weight excluding hydrogens is 194 g/mol. The lowest BCUT2D eigenvalue weighted by molar-refractivity contribution is -0.260. The van der Waals surface area contributed by atoms with Gasteiger partial charge in [0.2, 0.25) is 0 Å². The first-order valence-electron chi connectivity index (χ1n) is 3.76. The predicted molar refractivity (Wildman–Crippen MR) is 41.6 cm³/mol. The van der Waals surface area contributed by atoms with Gasteiger partial charge in [0.05, 0.1) is 0 Å². The fourth-order valence-electron chi connectivity index (χ4n) is 0.996. The normalized spacial score (nSPS) is 20.0. The number of aldehydes is 1. The number of carbonyl (C=O) groups excluding carboxylic acids is 3. The minimum absolute atomic E-state index is 0.0633. The van der Waals surface area contributed by atoms with Crippen LogP contribution in [0.5, 0.6) is 0 Å². The Morgan fingerprint density at radius 2 is 2.07 bits per heavy atom. The van der Waals surface area contributed by atoms with Gasteiger partial charge in [0.15, 0.2) is 0 Å². The van der Waals surface area contributed by atoms with Gasteiger partial charge in [-0.2, -0.15) is 0 Å². The van der Waals surface area contributed by atoms with Gasteiger partial charge in [-0.05, 0) is 0 Å². The third kappa shape index (κ3) is 1.98. The van der Waals surface area contributed by atoms with Gasteiger partial charge in [-0.3, -0.25) is 15.5 Å². The summed E-state index contributed by atoms with van der Waals surface area (Å²) in [7, 11) is 0. The number of aliphatic hydroxyl groups is 2. The van der Waals surface area contributed by atoms with Gasteiger partial charge in [-0.1, -0.05) is 0 Å². The highest BCUT2D eigenvalue weighted by atomic mass is 16.6.